The van der Waals surface area contributed by atoms with Gasteiger partial charge in [-0.3, -0.25) is 9.59 Å². The molecule has 10 nitrogen and oxygen atoms in total. The Morgan fingerprint density at radius 1 is 1.14 bits per heavy atom. The Labute approximate surface area is 218 Å². The normalized spacial score (nSPS) is 24.5. The molecule has 0 aliphatic carbocycles. The molecule has 0 spiro atoms. The molecule has 1 fully saturated rings. The number of ketones is 2. The van der Waals surface area contributed by atoms with E-state index in [0.717, 1.165) is 6.08 Å². The summed E-state index contributed by atoms with van der Waals surface area (Å²) in [4.78, 5) is 36.3. The van der Waals surface area contributed by atoms with Gasteiger partial charge in [0, 0.05) is 20.5 Å². The molecule has 1 saturated heterocycles. The van der Waals surface area contributed by atoms with Crippen molar-refractivity contribution in [3.8, 4) is 0 Å². The fraction of sp³-hybridized carbons (Fsp3) is 0.667. The first-order chi connectivity index (χ1) is 17.3. The second kappa shape index (κ2) is 14.0. The van der Waals surface area contributed by atoms with E-state index in [-0.39, 0.29) is 37.0 Å². The van der Waals surface area contributed by atoms with Crippen LogP contribution < -0.4 is 0 Å². The first kappa shape index (κ1) is 30.9. The third-order valence-electron chi connectivity index (χ3n) is 5.31. The summed E-state index contributed by atoms with van der Waals surface area (Å²) in [5.41, 5.74) is 0. The molecule has 2 rings (SSSR count). The zero-order chi connectivity index (χ0) is 27.6. The molecule has 0 saturated carbocycles. The summed E-state index contributed by atoms with van der Waals surface area (Å²) < 4.78 is 33.8. The van der Waals surface area contributed by atoms with E-state index in [1.54, 1.807) is 40.7 Å². The maximum Gasteiger partial charge on any atom is 0.337 e. The van der Waals surface area contributed by atoms with Crippen molar-refractivity contribution in [2.75, 3.05) is 13.4 Å². The van der Waals surface area contributed by atoms with Gasteiger partial charge in [0.15, 0.2) is 11.6 Å². The Hall–Kier alpha value is -2.37. The van der Waals surface area contributed by atoms with Crippen molar-refractivity contribution in [3.63, 3.8) is 0 Å². The number of allylic oxidation sites excluding steroid dienone is 2. The van der Waals surface area contributed by atoms with E-state index in [1.165, 1.54) is 6.08 Å². The van der Waals surface area contributed by atoms with Gasteiger partial charge in [-0.1, -0.05) is 18.2 Å². The molecule has 0 amide bonds. The third-order valence-corrected chi connectivity index (χ3v) is 5.31. The summed E-state index contributed by atoms with van der Waals surface area (Å²) >= 11 is 0. The molecule has 0 bridgehead atoms. The lowest BCUT2D eigenvalue weighted by Crippen LogP contribution is -2.36. The number of ether oxygens (including phenoxy) is 6. The molecule has 0 aromatic rings. The Kier molecular flexibility index (Phi) is 11.6. The van der Waals surface area contributed by atoms with E-state index in [4.69, 9.17) is 28.4 Å². The van der Waals surface area contributed by atoms with Gasteiger partial charge in [0.2, 0.25) is 5.79 Å². The Balaban J connectivity index is 1.97. The van der Waals surface area contributed by atoms with Crippen LogP contribution in [0, 0.1) is 0 Å². The average Bonchev–Trinajstić information content (AvgIpc) is 3.05. The number of Topliss-reactive ketones (excluding diaryl/α,β-unsaturated/α-hetero) is 1. The number of hydrogen-bond acceptors (Lipinski definition) is 10. The maximum absolute atomic E-state index is 12.4. The minimum atomic E-state index is -1.16. The van der Waals surface area contributed by atoms with Crippen LogP contribution in [0.25, 0.3) is 0 Å². The second-order valence-electron chi connectivity index (χ2n) is 9.92. The van der Waals surface area contributed by atoms with Crippen LogP contribution in [0.5, 0.6) is 0 Å². The molecule has 2 heterocycles. The number of aliphatic hydroxyl groups is 1. The first-order valence-corrected chi connectivity index (χ1v) is 12.5. The average molecular weight is 525 g/mol. The Morgan fingerprint density at radius 2 is 1.86 bits per heavy atom. The largest absolute Gasteiger partial charge is 0.456 e. The number of carbonyl (C=O) groups is 3. The first-order valence-electron chi connectivity index (χ1n) is 12.5. The van der Waals surface area contributed by atoms with Crippen LogP contribution in [-0.4, -0.2) is 72.0 Å². The fourth-order valence-corrected chi connectivity index (χ4v) is 3.90. The molecule has 0 aromatic carbocycles. The van der Waals surface area contributed by atoms with Gasteiger partial charge in [-0.15, -0.1) is 0 Å². The lowest BCUT2D eigenvalue weighted by Gasteiger charge is -2.30. The topological polar surface area (TPSA) is 127 Å². The predicted octanol–water partition coefficient (Wildman–Crippen LogP) is 3.27. The minimum Gasteiger partial charge on any atom is -0.456 e. The van der Waals surface area contributed by atoms with E-state index in [2.05, 4.69) is 0 Å². The smallest absolute Gasteiger partial charge is 0.337 e. The van der Waals surface area contributed by atoms with Gasteiger partial charge in [0.25, 0.3) is 0 Å². The highest BCUT2D eigenvalue weighted by molar-refractivity contribution is 6.05. The number of aliphatic hydroxyl groups excluding tert-OH is 1. The monoisotopic (exact) mass is 524 g/mol. The quantitative estimate of drug-likeness (QED) is 0.0851. The number of carbonyl (C=O) groups excluding carboxylic acids is 3. The Bertz CT molecular complexity index is 884. The molecule has 2 aliphatic heterocycles. The Morgan fingerprint density at radius 3 is 2.51 bits per heavy atom. The number of hydrogen-bond donors (Lipinski definition) is 1. The summed E-state index contributed by atoms with van der Waals surface area (Å²) in [5, 5.41) is 9.57. The van der Waals surface area contributed by atoms with Gasteiger partial charge in [-0.2, -0.15) is 0 Å². The number of rotatable bonds is 15. The zero-order valence-corrected chi connectivity index (χ0v) is 22.6. The van der Waals surface area contributed by atoms with Crippen LogP contribution in [0.4, 0.5) is 0 Å². The predicted molar refractivity (Wildman–Crippen MR) is 133 cm³/mol. The van der Waals surface area contributed by atoms with Crippen molar-refractivity contribution < 1.29 is 47.9 Å². The van der Waals surface area contributed by atoms with Crippen LogP contribution >= 0.6 is 0 Å². The van der Waals surface area contributed by atoms with Crippen LogP contribution in [0.1, 0.15) is 67.2 Å². The van der Waals surface area contributed by atoms with Crippen molar-refractivity contribution in [2.24, 2.45) is 0 Å². The summed E-state index contributed by atoms with van der Waals surface area (Å²) in [5.74, 6) is -3.19. The highest BCUT2D eigenvalue weighted by atomic mass is 16.8. The fourth-order valence-electron chi connectivity index (χ4n) is 3.90. The van der Waals surface area contributed by atoms with Crippen LogP contribution in [0.3, 0.4) is 0 Å². The maximum atomic E-state index is 12.4. The standard InChI is InChI=1S/C27H40O10/c1-7-32-17-33-22(12-8-10-18(2)28)25-23(35-27(5,6)37-25)13-9-11-19(29)14-20(30)15-21-16-24(31)36-26(3,4)34-21/h8-9,11-12,16,18,22-23,25,28H,7,10,13-15,17H2,1-6H3/b11-9+,12-8-/t18-,22?,23-,25+/m0/s1. The van der Waals surface area contributed by atoms with E-state index < -0.39 is 42.0 Å². The molecule has 1 N–H and O–H groups in total. The van der Waals surface area contributed by atoms with Crippen molar-refractivity contribution in [1.82, 2.24) is 0 Å². The van der Waals surface area contributed by atoms with Gasteiger partial charge in [0.1, 0.15) is 30.5 Å². The lowest BCUT2D eigenvalue weighted by atomic mass is 10.0. The molecular weight excluding hydrogens is 484 g/mol. The van der Waals surface area contributed by atoms with E-state index in [1.807, 2.05) is 19.1 Å². The minimum absolute atomic E-state index is 0.0681. The third kappa shape index (κ3) is 11.3. The number of cyclic esters (lactones) is 1. The van der Waals surface area contributed by atoms with E-state index in [0.29, 0.717) is 19.4 Å². The second-order valence-corrected chi connectivity index (χ2v) is 9.92. The SMILES string of the molecule is CCOCOC(/C=C\C[C@H](C)O)[C@H]1OC(C)(C)O[C@H]1C/C=C/C(=O)CC(=O)CC1=CC(=O)OC(C)(C)O1. The molecule has 1 unspecified atom stereocenters. The molecule has 0 aromatic heterocycles. The molecule has 4 atom stereocenters. The van der Waals surface area contributed by atoms with Crippen molar-refractivity contribution in [3.05, 3.63) is 36.1 Å². The lowest BCUT2D eigenvalue weighted by molar-refractivity contribution is -0.205. The van der Waals surface area contributed by atoms with Crippen molar-refractivity contribution in [1.29, 1.82) is 0 Å². The van der Waals surface area contributed by atoms with Gasteiger partial charge in [-0.25, -0.2) is 4.79 Å². The summed E-state index contributed by atoms with van der Waals surface area (Å²) in [7, 11) is 0. The molecule has 37 heavy (non-hydrogen) atoms. The number of esters is 1. The molecule has 10 heteroatoms. The van der Waals surface area contributed by atoms with Crippen molar-refractivity contribution in [2.45, 2.75) is 103 Å². The highest BCUT2D eigenvalue weighted by Gasteiger charge is 2.44. The van der Waals surface area contributed by atoms with Crippen molar-refractivity contribution >= 4 is 17.5 Å². The highest BCUT2D eigenvalue weighted by Crippen LogP contribution is 2.33. The summed E-state index contributed by atoms with van der Waals surface area (Å²) in [6, 6.07) is 0. The molecule has 2 aliphatic rings. The van der Waals surface area contributed by atoms with Crippen LogP contribution in [-0.2, 0) is 42.8 Å². The van der Waals surface area contributed by atoms with E-state index >= 15 is 0 Å². The van der Waals surface area contributed by atoms with Gasteiger partial charge in [0.05, 0.1) is 31.1 Å². The van der Waals surface area contributed by atoms with Gasteiger partial charge in [-0.05, 0) is 46.6 Å². The van der Waals surface area contributed by atoms with Crippen LogP contribution in [0.2, 0.25) is 0 Å². The van der Waals surface area contributed by atoms with Gasteiger partial charge >= 0.3 is 5.97 Å². The van der Waals surface area contributed by atoms with Crippen LogP contribution in [0.15, 0.2) is 36.1 Å². The summed E-state index contributed by atoms with van der Waals surface area (Å²) in [6.45, 7) is 10.8. The van der Waals surface area contributed by atoms with Gasteiger partial charge < -0.3 is 33.5 Å². The molecular formula is C27H40O10. The molecule has 208 valence electrons. The van der Waals surface area contributed by atoms with E-state index in [9.17, 15) is 19.5 Å². The zero-order valence-electron chi connectivity index (χ0n) is 22.6. The molecule has 0 radical (unpaired) electrons. The summed E-state index contributed by atoms with van der Waals surface area (Å²) in [6.07, 6.45) is 6.15.